The fourth-order valence-corrected chi connectivity index (χ4v) is 2.63. The second-order valence-electron chi connectivity index (χ2n) is 5.77. The Morgan fingerprint density at radius 3 is 1.60 bits per heavy atom. The van der Waals surface area contributed by atoms with Crippen LogP contribution in [0.4, 0.5) is 0 Å². The first-order valence-corrected chi connectivity index (χ1v) is 6.32. The molecule has 0 bridgehead atoms. The monoisotopic (exact) mass is 211 g/mol. The van der Waals surface area contributed by atoms with Crippen LogP contribution in [0, 0.1) is 0 Å². The van der Waals surface area contributed by atoms with Gasteiger partial charge in [0, 0.05) is 44.8 Å². The normalized spacial score (nSPS) is 27.4. The standard InChI is InChI=1S/C12H25N3/c1-12(2,3)13-8-10-15(11-9-13)14-6-4-5-7-14/h4-11H2,1-3H3. The van der Waals surface area contributed by atoms with Crippen molar-refractivity contribution in [3.05, 3.63) is 0 Å². The van der Waals surface area contributed by atoms with Gasteiger partial charge in [-0.3, -0.25) is 4.90 Å². The van der Waals surface area contributed by atoms with Crippen molar-refractivity contribution in [2.75, 3.05) is 39.3 Å². The van der Waals surface area contributed by atoms with Crippen LogP contribution in [-0.4, -0.2) is 59.7 Å². The Bertz CT molecular complexity index is 195. The molecule has 2 aliphatic heterocycles. The van der Waals surface area contributed by atoms with E-state index >= 15 is 0 Å². The van der Waals surface area contributed by atoms with Crippen molar-refractivity contribution in [1.82, 2.24) is 14.9 Å². The van der Waals surface area contributed by atoms with Crippen LogP contribution in [-0.2, 0) is 0 Å². The van der Waals surface area contributed by atoms with E-state index < -0.39 is 0 Å². The van der Waals surface area contributed by atoms with Crippen LogP contribution in [0.2, 0.25) is 0 Å². The molecular weight excluding hydrogens is 186 g/mol. The molecule has 0 atom stereocenters. The lowest BCUT2D eigenvalue weighted by Gasteiger charge is -2.44. The zero-order valence-electron chi connectivity index (χ0n) is 10.5. The van der Waals surface area contributed by atoms with Gasteiger partial charge in [0.05, 0.1) is 0 Å². The lowest BCUT2D eigenvalue weighted by Crippen LogP contribution is -2.57. The van der Waals surface area contributed by atoms with E-state index in [9.17, 15) is 0 Å². The van der Waals surface area contributed by atoms with E-state index in [2.05, 4.69) is 35.7 Å². The van der Waals surface area contributed by atoms with Crippen molar-refractivity contribution in [3.8, 4) is 0 Å². The zero-order valence-corrected chi connectivity index (χ0v) is 10.5. The van der Waals surface area contributed by atoms with Gasteiger partial charge in [0.1, 0.15) is 0 Å². The molecule has 0 unspecified atom stereocenters. The van der Waals surface area contributed by atoms with Crippen LogP contribution in [0.15, 0.2) is 0 Å². The molecule has 88 valence electrons. The maximum Gasteiger partial charge on any atom is 0.0262 e. The largest absolute Gasteiger partial charge is 0.296 e. The van der Waals surface area contributed by atoms with E-state index in [-0.39, 0.29) is 0 Å². The lowest BCUT2D eigenvalue weighted by atomic mass is 10.1. The molecule has 0 amide bonds. The number of nitrogens with zero attached hydrogens (tertiary/aromatic N) is 3. The minimum Gasteiger partial charge on any atom is -0.296 e. The van der Waals surface area contributed by atoms with Crippen LogP contribution in [0.25, 0.3) is 0 Å². The quantitative estimate of drug-likeness (QED) is 0.649. The van der Waals surface area contributed by atoms with Crippen molar-refractivity contribution in [1.29, 1.82) is 0 Å². The maximum absolute atomic E-state index is 2.60. The van der Waals surface area contributed by atoms with Gasteiger partial charge in [-0.25, -0.2) is 10.0 Å². The molecule has 0 saturated carbocycles. The summed E-state index contributed by atoms with van der Waals surface area (Å²) in [4.78, 5) is 2.60. The summed E-state index contributed by atoms with van der Waals surface area (Å²) >= 11 is 0. The van der Waals surface area contributed by atoms with Crippen LogP contribution in [0.5, 0.6) is 0 Å². The Labute approximate surface area is 94.0 Å². The van der Waals surface area contributed by atoms with E-state index in [0.717, 1.165) is 0 Å². The van der Waals surface area contributed by atoms with Crippen LogP contribution < -0.4 is 0 Å². The van der Waals surface area contributed by atoms with Crippen LogP contribution in [0.3, 0.4) is 0 Å². The van der Waals surface area contributed by atoms with Gasteiger partial charge in [0.2, 0.25) is 0 Å². The van der Waals surface area contributed by atoms with E-state index in [1.807, 2.05) is 0 Å². The first kappa shape index (κ1) is 11.4. The Kier molecular flexibility index (Phi) is 3.33. The van der Waals surface area contributed by atoms with Gasteiger partial charge >= 0.3 is 0 Å². The Balaban J connectivity index is 1.81. The van der Waals surface area contributed by atoms with E-state index in [1.54, 1.807) is 0 Å². The molecule has 0 aliphatic carbocycles. The highest BCUT2D eigenvalue weighted by Gasteiger charge is 2.28. The SMILES string of the molecule is CC(C)(C)N1CCN(N2CCCC2)CC1. The smallest absolute Gasteiger partial charge is 0.0262 e. The van der Waals surface area contributed by atoms with Crippen molar-refractivity contribution >= 4 is 0 Å². The first-order chi connectivity index (χ1) is 7.07. The molecule has 3 heteroatoms. The highest BCUT2D eigenvalue weighted by molar-refractivity contribution is 4.82. The van der Waals surface area contributed by atoms with Crippen molar-refractivity contribution < 1.29 is 0 Å². The molecule has 2 rings (SSSR count). The third-order valence-corrected chi connectivity index (χ3v) is 3.69. The predicted molar refractivity (Wildman–Crippen MR) is 63.7 cm³/mol. The summed E-state index contributed by atoms with van der Waals surface area (Å²) in [5.74, 6) is 0. The minimum atomic E-state index is 0.344. The highest BCUT2D eigenvalue weighted by Crippen LogP contribution is 2.18. The number of rotatable bonds is 1. The van der Waals surface area contributed by atoms with Crippen molar-refractivity contribution in [2.45, 2.75) is 39.2 Å². The van der Waals surface area contributed by atoms with Gasteiger partial charge in [0.25, 0.3) is 0 Å². The van der Waals surface area contributed by atoms with Gasteiger partial charge in [-0.05, 0) is 33.6 Å². The third kappa shape index (κ3) is 2.71. The fourth-order valence-electron chi connectivity index (χ4n) is 2.63. The molecule has 2 fully saturated rings. The fraction of sp³-hybridized carbons (Fsp3) is 1.00. The summed E-state index contributed by atoms with van der Waals surface area (Å²) in [5.41, 5.74) is 0.344. The van der Waals surface area contributed by atoms with Crippen LogP contribution >= 0.6 is 0 Å². The average molecular weight is 211 g/mol. The van der Waals surface area contributed by atoms with Gasteiger partial charge in [-0.2, -0.15) is 0 Å². The number of hydrogen-bond donors (Lipinski definition) is 0. The summed E-state index contributed by atoms with van der Waals surface area (Å²) in [6.07, 6.45) is 2.78. The highest BCUT2D eigenvalue weighted by atomic mass is 15.6. The summed E-state index contributed by atoms with van der Waals surface area (Å²) in [6.45, 7) is 14.4. The third-order valence-electron chi connectivity index (χ3n) is 3.69. The lowest BCUT2D eigenvalue weighted by molar-refractivity contribution is -0.0574. The molecule has 0 spiro atoms. The van der Waals surface area contributed by atoms with E-state index in [4.69, 9.17) is 0 Å². The molecule has 2 aliphatic rings. The second-order valence-corrected chi connectivity index (χ2v) is 5.77. The summed E-state index contributed by atoms with van der Waals surface area (Å²) < 4.78 is 0. The summed E-state index contributed by atoms with van der Waals surface area (Å²) in [7, 11) is 0. The van der Waals surface area contributed by atoms with Gasteiger partial charge in [0.15, 0.2) is 0 Å². The molecule has 15 heavy (non-hydrogen) atoms. The topological polar surface area (TPSA) is 9.72 Å². The number of hydrogen-bond acceptors (Lipinski definition) is 3. The van der Waals surface area contributed by atoms with E-state index in [1.165, 1.54) is 52.1 Å². The van der Waals surface area contributed by atoms with Crippen LogP contribution in [0.1, 0.15) is 33.6 Å². The molecular formula is C12H25N3. The molecule has 0 N–H and O–H groups in total. The minimum absolute atomic E-state index is 0.344. The summed E-state index contributed by atoms with van der Waals surface area (Å²) in [6, 6.07) is 0. The zero-order chi connectivity index (χ0) is 10.9. The summed E-state index contributed by atoms with van der Waals surface area (Å²) in [5, 5.41) is 5.12. The number of piperazine rings is 1. The molecule has 2 saturated heterocycles. The molecule has 0 aromatic rings. The Morgan fingerprint density at radius 2 is 1.13 bits per heavy atom. The maximum atomic E-state index is 2.60. The molecule has 2 heterocycles. The molecule has 0 aromatic heterocycles. The molecule has 3 nitrogen and oxygen atoms in total. The van der Waals surface area contributed by atoms with Crippen molar-refractivity contribution in [3.63, 3.8) is 0 Å². The first-order valence-electron chi connectivity index (χ1n) is 6.32. The van der Waals surface area contributed by atoms with Crippen molar-refractivity contribution in [2.24, 2.45) is 0 Å². The van der Waals surface area contributed by atoms with E-state index in [0.29, 0.717) is 5.54 Å². The average Bonchev–Trinajstić information content (AvgIpc) is 2.69. The van der Waals surface area contributed by atoms with Gasteiger partial charge in [-0.15, -0.1) is 0 Å². The Hall–Kier alpha value is -0.120. The number of hydrazine groups is 1. The predicted octanol–water partition coefficient (Wildman–Crippen LogP) is 1.41. The molecule has 0 aromatic carbocycles. The van der Waals surface area contributed by atoms with Gasteiger partial charge < -0.3 is 0 Å². The Morgan fingerprint density at radius 1 is 0.667 bits per heavy atom. The second kappa shape index (κ2) is 4.40. The van der Waals surface area contributed by atoms with Gasteiger partial charge in [-0.1, -0.05) is 0 Å². The molecule has 0 radical (unpaired) electrons.